The number of hydrogen-bond acceptors (Lipinski definition) is 3. The fourth-order valence-electron chi connectivity index (χ4n) is 2.86. The molecular weight excluding hydrogens is 270 g/mol. The fraction of sp³-hybridized carbons (Fsp3) is 0.438. The maximum atomic E-state index is 5.54. The van der Waals surface area contributed by atoms with E-state index in [1.54, 1.807) is 14.2 Å². The van der Waals surface area contributed by atoms with Crippen LogP contribution in [0, 0.1) is 0 Å². The van der Waals surface area contributed by atoms with Crippen molar-refractivity contribution < 1.29 is 14.0 Å². The molecule has 0 radical (unpaired) electrons. The van der Waals surface area contributed by atoms with Gasteiger partial charge in [0, 0.05) is 6.42 Å². The summed E-state index contributed by atoms with van der Waals surface area (Å²) in [5.74, 6) is 1.72. The number of hydrogen-bond donors (Lipinski definition) is 0. The molecule has 0 bridgehead atoms. The molecule has 0 atom stereocenters. The van der Waals surface area contributed by atoms with E-state index in [1.165, 1.54) is 36.3 Å². The van der Waals surface area contributed by atoms with Crippen LogP contribution in [0.2, 0.25) is 0 Å². The van der Waals surface area contributed by atoms with Gasteiger partial charge in [0.1, 0.15) is 0 Å². The zero-order valence-corrected chi connectivity index (χ0v) is 12.8. The van der Waals surface area contributed by atoms with Crippen LogP contribution in [0.4, 0.5) is 0 Å². The standard InChI is InChI=1S/C16H20NO2S/c1-18-13-8-6-9-14(19-2)16(13)17-11-20-15-10-5-3-4-7-12(15)17/h6,8-9,11H,3-5,7,10H2,1-2H3/q+1. The molecule has 0 fully saturated rings. The lowest BCUT2D eigenvalue weighted by Gasteiger charge is -2.08. The summed E-state index contributed by atoms with van der Waals surface area (Å²) in [6.07, 6.45) is 6.23. The van der Waals surface area contributed by atoms with Gasteiger partial charge in [0.05, 0.1) is 19.1 Å². The highest BCUT2D eigenvalue weighted by Gasteiger charge is 2.28. The van der Waals surface area contributed by atoms with Crippen LogP contribution >= 0.6 is 11.3 Å². The molecule has 1 aliphatic rings. The molecule has 3 rings (SSSR count). The summed E-state index contributed by atoms with van der Waals surface area (Å²) in [6, 6.07) is 5.95. The number of rotatable bonds is 3. The van der Waals surface area contributed by atoms with E-state index < -0.39 is 0 Å². The largest absolute Gasteiger partial charge is 0.490 e. The third-order valence-corrected chi connectivity index (χ3v) is 4.91. The number of methoxy groups -OCH3 is 2. The molecule has 0 N–H and O–H groups in total. The van der Waals surface area contributed by atoms with Gasteiger partial charge in [-0.2, -0.15) is 0 Å². The number of thiazole rings is 1. The minimum absolute atomic E-state index is 0.860. The number of para-hydroxylation sites is 1. The van der Waals surface area contributed by atoms with Crippen LogP contribution in [0.25, 0.3) is 5.69 Å². The lowest BCUT2D eigenvalue weighted by atomic mass is 10.2. The van der Waals surface area contributed by atoms with Crippen LogP contribution < -0.4 is 14.0 Å². The van der Waals surface area contributed by atoms with Crippen molar-refractivity contribution in [1.29, 1.82) is 0 Å². The predicted molar refractivity (Wildman–Crippen MR) is 80.2 cm³/mol. The zero-order chi connectivity index (χ0) is 13.9. The second-order valence-corrected chi connectivity index (χ2v) is 5.97. The first-order valence-corrected chi connectivity index (χ1v) is 7.95. The first kappa shape index (κ1) is 13.4. The molecule has 0 spiro atoms. The fourth-order valence-corrected chi connectivity index (χ4v) is 3.92. The number of nitrogens with zero attached hydrogens (tertiary/aromatic N) is 1. The maximum Gasteiger partial charge on any atom is 0.296 e. The summed E-state index contributed by atoms with van der Waals surface area (Å²) in [5.41, 5.74) is 4.64. The lowest BCUT2D eigenvalue weighted by molar-refractivity contribution is -0.600. The van der Waals surface area contributed by atoms with Crippen LogP contribution in [0.3, 0.4) is 0 Å². The first-order chi connectivity index (χ1) is 9.85. The Morgan fingerprint density at radius 2 is 1.70 bits per heavy atom. The monoisotopic (exact) mass is 290 g/mol. The third-order valence-electron chi connectivity index (χ3n) is 3.87. The topological polar surface area (TPSA) is 22.3 Å². The van der Waals surface area contributed by atoms with Gasteiger partial charge in [-0.15, -0.1) is 4.57 Å². The number of fused-ring (bicyclic) bond motifs is 1. The van der Waals surface area contributed by atoms with E-state index in [4.69, 9.17) is 9.47 Å². The molecule has 1 aliphatic carbocycles. The highest BCUT2D eigenvalue weighted by Crippen LogP contribution is 2.31. The van der Waals surface area contributed by atoms with Gasteiger partial charge in [-0.25, -0.2) is 0 Å². The molecule has 0 saturated heterocycles. The van der Waals surface area contributed by atoms with Gasteiger partial charge in [0.2, 0.25) is 11.2 Å². The minimum Gasteiger partial charge on any atom is -0.490 e. The number of benzene rings is 1. The van der Waals surface area contributed by atoms with Gasteiger partial charge in [0.25, 0.3) is 5.69 Å². The van der Waals surface area contributed by atoms with Gasteiger partial charge in [-0.3, -0.25) is 0 Å². The Balaban J connectivity index is 2.16. The van der Waals surface area contributed by atoms with E-state index in [-0.39, 0.29) is 0 Å². The van der Waals surface area contributed by atoms with E-state index in [9.17, 15) is 0 Å². The first-order valence-electron chi connectivity index (χ1n) is 7.07. The number of aryl methyl sites for hydroxylation is 1. The highest BCUT2D eigenvalue weighted by molar-refractivity contribution is 7.09. The van der Waals surface area contributed by atoms with Gasteiger partial charge in [-0.05, 0) is 31.4 Å². The maximum absolute atomic E-state index is 5.54. The van der Waals surface area contributed by atoms with Crippen LogP contribution in [-0.2, 0) is 12.8 Å². The van der Waals surface area contributed by atoms with Crippen molar-refractivity contribution in [3.63, 3.8) is 0 Å². The normalized spacial score (nSPS) is 14.5. The summed E-state index contributed by atoms with van der Waals surface area (Å²) < 4.78 is 13.3. The molecule has 0 aliphatic heterocycles. The Hall–Kier alpha value is -1.55. The minimum atomic E-state index is 0.860. The average molecular weight is 290 g/mol. The quantitative estimate of drug-likeness (QED) is 0.639. The zero-order valence-electron chi connectivity index (χ0n) is 12.0. The van der Waals surface area contributed by atoms with Gasteiger partial charge < -0.3 is 9.47 Å². The molecule has 1 aromatic heterocycles. The molecule has 0 unspecified atom stereocenters. The van der Waals surface area contributed by atoms with E-state index in [0.717, 1.165) is 23.6 Å². The van der Waals surface area contributed by atoms with Crippen molar-refractivity contribution in [3.05, 3.63) is 34.3 Å². The molecule has 1 heterocycles. The summed E-state index contributed by atoms with van der Waals surface area (Å²) >= 11 is 1.85. The summed E-state index contributed by atoms with van der Waals surface area (Å²) in [6.45, 7) is 0. The highest BCUT2D eigenvalue weighted by atomic mass is 32.1. The SMILES string of the molecule is COc1cccc(OC)c1-[n+]1csc2c1CCCCC2. The summed E-state index contributed by atoms with van der Waals surface area (Å²) in [7, 11) is 3.42. The smallest absolute Gasteiger partial charge is 0.296 e. The summed E-state index contributed by atoms with van der Waals surface area (Å²) in [5, 5.41) is 0. The van der Waals surface area contributed by atoms with E-state index >= 15 is 0 Å². The molecule has 106 valence electrons. The van der Waals surface area contributed by atoms with Crippen LogP contribution in [-0.4, -0.2) is 14.2 Å². The van der Waals surface area contributed by atoms with Crippen LogP contribution in [0.5, 0.6) is 11.5 Å². The van der Waals surface area contributed by atoms with Crippen molar-refractivity contribution in [2.45, 2.75) is 32.1 Å². The molecular formula is C16H20NO2S+. The lowest BCUT2D eigenvalue weighted by Crippen LogP contribution is -2.34. The Kier molecular flexibility index (Phi) is 3.92. The van der Waals surface area contributed by atoms with Crippen molar-refractivity contribution >= 4 is 11.3 Å². The molecule has 2 aromatic rings. The summed E-state index contributed by atoms with van der Waals surface area (Å²) in [4.78, 5) is 1.51. The second kappa shape index (κ2) is 5.83. The van der Waals surface area contributed by atoms with Crippen LogP contribution in [0.1, 0.15) is 29.8 Å². The molecule has 1 aromatic carbocycles. The average Bonchev–Trinajstić information content (AvgIpc) is 2.74. The number of aromatic nitrogens is 1. The Bertz CT molecular complexity index is 584. The molecule has 4 heteroatoms. The van der Waals surface area contributed by atoms with E-state index in [2.05, 4.69) is 10.1 Å². The van der Waals surface area contributed by atoms with Gasteiger partial charge in [0.15, 0.2) is 11.5 Å². The van der Waals surface area contributed by atoms with Crippen molar-refractivity contribution in [2.24, 2.45) is 0 Å². The Morgan fingerprint density at radius 1 is 1.00 bits per heavy atom. The molecule has 0 amide bonds. The van der Waals surface area contributed by atoms with E-state index in [0.29, 0.717) is 0 Å². The number of ether oxygens (including phenoxy) is 2. The second-order valence-electron chi connectivity index (χ2n) is 5.03. The molecule has 20 heavy (non-hydrogen) atoms. The Morgan fingerprint density at radius 3 is 2.40 bits per heavy atom. The molecule has 0 saturated carbocycles. The van der Waals surface area contributed by atoms with Gasteiger partial charge in [-0.1, -0.05) is 23.8 Å². The van der Waals surface area contributed by atoms with E-state index in [1.807, 2.05) is 29.5 Å². The molecule has 3 nitrogen and oxygen atoms in total. The predicted octanol–water partition coefficient (Wildman–Crippen LogP) is 3.31. The van der Waals surface area contributed by atoms with Crippen LogP contribution in [0.15, 0.2) is 23.7 Å². The Labute approximate surface area is 123 Å². The van der Waals surface area contributed by atoms with Crippen molar-refractivity contribution in [3.8, 4) is 17.2 Å². The van der Waals surface area contributed by atoms with Crippen molar-refractivity contribution in [2.75, 3.05) is 14.2 Å². The third kappa shape index (κ3) is 2.29. The van der Waals surface area contributed by atoms with Gasteiger partial charge >= 0.3 is 0 Å². The van der Waals surface area contributed by atoms with Crippen molar-refractivity contribution in [1.82, 2.24) is 0 Å².